The third kappa shape index (κ3) is 6.13. The van der Waals surface area contributed by atoms with Crippen LogP contribution < -0.4 is 14.8 Å². The monoisotopic (exact) mass is 396 g/mol. The molecule has 27 heavy (non-hydrogen) atoms. The molecular weight excluding hydrogens is 368 g/mol. The lowest BCUT2D eigenvalue weighted by atomic mass is 10.0. The van der Waals surface area contributed by atoms with Crippen LogP contribution in [-0.2, 0) is 9.53 Å². The van der Waals surface area contributed by atoms with E-state index < -0.39 is 0 Å². The molecule has 1 amide bonds. The van der Waals surface area contributed by atoms with Crippen molar-refractivity contribution in [3.05, 3.63) is 28.8 Å². The van der Waals surface area contributed by atoms with Crippen molar-refractivity contribution >= 4 is 23.6 Å². The quantitative estimate of drug-likeness (QED) is 0.685. The lowest BCUT2D eigenvalue weighted by Gasteiger charge is -2.36. The zero-order valence-electron chi connectivity index (χ0n) is 16.5. The Labute approximate surface area is 166 Å². The van der Waals surface area contributed by atoms with Crippen molar-refractivity contribution in [2.75, 3.05) is 47.1 Å². The van der Waals surface area contributed by atoms with Gasteiger partial charge in [-0.1, -0.05) is 25.4 Å². The largest absolute Gasteiger partial charge is 0.493 e. The van der Waals surface area contributed by atoms with Gasteiger partial charge in [0.25, 0.3) is 0 Å². The molecule has 0 saturated carbocycles. The van der Waals surface area contributed by atoms with Gasteiger partial charge in [0.05, 0.1) is 32.5 Å². The molecule has 1 atom stereocenters. The number of hydrogen-bond donors (Lipinski definition) is 1. The highest BCUT2D eigenvalue weighted by Crippen LogP contribution is 2.36. The minimum atomic E-state index is -0.139. The van der Waals surface area contributed by atoms with Crippen LogP contribution in [-0.4, -0.2) is 63.9 Å². The van der Waals surface area contributed by atoms with E-state index in [0.717, 1.165) is 31.9 Å². The SMILES string of the molecule is COc1cc(/C=C/C(=O)NCC(C(C)C)N2CCOCC2)cc(Cl)c1OC. The third-order valence-corrected chi connectivity index (χ3v) is 4.93. The smallest absolute Gasteiger partial charge is 0.244 e. The van der Waals surface area contributed by atoms with E-state index in [1.54, 1.807) is 25.3 Å². The first-order valence-electron chi connectivity index (χ1n) is 9.15. The summed E-state index contributed by atoms with van der Waals surface area (Å²) < 4.78 is 15.9. The second-order valence-corrected chi connectivity index (χ2v) is 7.18. The average Bonchev–Trinajstić information content (AvgIpc) is 2.66. The Kier molecular flexibility index (Phi) is 8.41. The van der Waals surface area contributed by atoms with Crippen LogP contribution >= 0.6 is 11.6 Å². The maximum absolute atomic E-state index is 12.3. The fourth-order valence-electron chi connectivity index (χ4n) is 3.17. The molecule has 1 aromatic carbocycles. The molecule has 1 aliphatic heterocycles. The zero-order valence-corrected chi connectivity index (χ0v) is 17.2. The Morgan fingerprint density at radius 1 is 1.30 bits per heavy atom. The Balaban J connectivity index is 1.97. The van der Waals surface area contributed by atoms with Gasteiger partial charge in [0.15, 0.2) is 11.5 Å². The molecule has 1 saturated heterocycles. The second kappa shape index (κ2) is 10.5. The number of carbonyl (C=O) groups is 1. The number of hydrogen-bond acceptors (Lipinski definition) is 5. The van der Waals surface area contributed by atoms with Crippen molar-refractivity contribution in [1.82, 2.24) is 10.2 Å². The van der Waals surface area contributed by atoms with Crippen LogP contribution in [0.3, 0.4) is 0 Å². The van der Waals surface area contributed by atoms with Crippen LogP contribution in [0, 0.1) is 5.92 Å². The normalized spacial score (nSPS) is 16.5. The van der Waals surface area contributed by atoms with E-state index in [4.69, 9.17) is 25.8 Å². The van der Waals surface area contributed by atoms with Crippen LogP contribution in [0.1, 0.15) is 19.4 Å². The summed E-state index contributed by atoms with van der Waals surface area (Å²) in [6, 6.07) is 3.80. The highest BCUT2D eigenvalue weighted by molar-refractivity contribution is 6.32. The lowest BCUT2D eigenvalue weighted by Crippen LogP contribution is -2.51. The topological polar surface area (TPSA) is 60.0 Å². The van der Waals surface area contributed by atoms with E-state index in [-0.39, 0.29) is 5.91 Å². The van der Waals surface area contributed by atoms with Crippen molar-refractivity contribution in [2.45, 2.75) is 19.9 Å². The van der Waals surface area contributed by atoms with E-state index in [2.05, 4.69) is 24.1 Å². The summed E-state index contributed by atoms with van der Waals surface area (Å²) in [5.74, 6) is 1.31. The van der Waals surface area contributed by atoms with Crippen LogP contribution in [0.15, 0.2) is 18.2 Å². The number of rotatable bonds is 8. The summed E-state index contributed by atoms with van der Waals surface area (Å²) in [4.78, 5) is 14.6. The summed E-state index contributed by atoms with van der Waals surface area (Å²) in [6.45, 7) is 8.25. The van der Waals surface area contributed by atoms with E-state index in [0.29, 0.717) is 35.0 Å². The first-order chi connectivity index (χ1) is 13.0. The van der Waals surface area contributed by atoms with Gasteiger partial charge in [-0.25, -0.2) is 0 Å². The highest BCUT2D eigenvalue weighted by Gasteiger charge is 2.23. The molecule has 1 aromatic rings. The number of amides is 1. The number of nitrogens with one attached hydrogen (secondary N) is 1. The van der Waals surface area contributed by atoms with Crippen LogP contribution in [0.2, 0.25) is 5.02 Å². The Hall–Kier alpha value is -1.76. The second-order valence-electron chi connectivity index (χ2n) is 6.78. The van der Waals surface area contributed by atoms with Crippen molar-refractivity contribution < 1.29 is 19.0 Å². The molecule has 1 unspecified atom stereocenters. The number of nitrogens with zero attached hydrogens (tertiary/aromatic N) is 1. The van der Waals surface area contributed by atoms with Gasteiger partial charge in [-0.05, 0) is 29.7 Å². The first kappa shape index (κ1) is 21.5. The van der Waals surface area contributed by atoms with Gasteiger partial charge in [0, 0.05) is 31.8 Å². The molecule has 0 aliphatic carbocycles. The summed E-state index contributed by atoms with van der Waals surface area (Å²) >= 11 is 6.20. The van der Waals surface area contributed by atoms with E-state index in [1.807, 2.05) is 0 Å². The van der Waals surface area contributed by atoms with Crippen molar-refractivity contribution in [3.63, 3.8) is 0 Å². The molecule has 0 aromatic heterocycles. The number of carbonyl (C=O) groups excluding carboxylic acids is 1. The van der Waals surface area contributed by atoms with Gasteiger partial charge in [0.2, 0.25) is 5.91 Å². The summed E-state index contributed by atoms with van der Waals surface area (Å²) in [5.41, 5.74) is 0.765. The Morgan fingerprint density at radius 2 is 2.00 bits per heavy atom. The molecule has 0 radical (unpaired) electrons. The van der Waals surface area contributed by atoms with Crippen LogP contribution in [0.25, 0.3) is 6.08 Å². The summed E-state index contributed by atoms with van der Waals surface area (Å²) in [5, 5.41) is 3.43. The van der Waals surface area contributed by atoms with Gasteiger partial charge < -0.3 is 19.5 Å². The number of methoxy groups -OCH3 is 2. The minimum Gasteiger partial charge on any atom is -0.493 e. The average molecular weight is 397 g/mol. The maximum atomic E-state index is 12.3. The fourth-order valence-corrected chi connectivity index (χ4v) is 3.46. The molecular formula is C20H29ClN2O4. The first-order valence-corrected chi connectivity index (χ1v) is 9.53. The van der Waals surface area contributed by atoms with Crippen molar-refractivity contribution in [2.24, 2.45) is 5.92 Å². The standard InChI is InChI=1S/C20H29ClN2O4/c1-14(2)17(23-7-9-27-10-8-23)13-22-19(24)6-5-15-11-16(21)20(26-4)18(12-15)25-3/h5-6,11-12,14,17H,7-10,13H2,1-4H3,(H,22,24)/b6-5+. The summed E-state index contributed by atoms with van der Waals surface area (Å²) in [6.07, 6.45) is 3.22. The van der Waals surface area contributed by atoms with E-state index >= 15 is 0 Å². The fraction of sp³-hybridized carbons (Fsp3) is 0.550. The van der Waals surface area contributed by atoms with Gasteiger partial charge in [0.1, 0.15) is 0 Å². The molecule has 1 heterocycles. The maximum Gasteiger partial charge on any atom is 0.244 e. The molecule has 0 bridgehead atoms. The highest BCUT2D eigenvalue weighted by atomic mass is 35.5. The number of benzene rings is 1. The van der Waals surface area contributed by atoms with Crippen molar-refractivity contribution in [3.8, 4) is 11.5 Å². The third-order valence-electron chi connectivity index (χ3n) is 4.65. The number of ether oxygens (including phenoxy) is 3. The Bertz CT molecular complexity index is 658. The predicted molar refractivity (Wildman–Crippen MR) is 108 cm³/mol. The molecule has 150 valence electrons. The molecule has 7 heteroatoms. The Morgan fingerprint density at radius 3 is 2.59 bits per heavy atom. The summed E-state index contributed by atoms with van der Waals surface area (Å²) in [7, 11) is 3.08. The van der Waals surface area contributed by atoms with Crippen LogP contribution in [0.4, 0.5) is 0 Å². The number of halogens is 1. The van der Waals surface area contributed by atoms with Gasteiger partial charge in [-0.2, -0.15) is 0 Å². The van der Waals surface area contributed by atoms with Gasteiger partial charge in [-0.3, -0.25) is 9.69 Å². The van der Waals surface area contributed by atoms with E-state index in [9.17, 15) is 4.79 Å². The molecule has 2 rings (SSSR count). The predicted octanol–water partition coefficient (Wildman–Crippen LogP) is 2.84. The molecule has 1 N–H and O–H groups in total. The minimum absolute atomic E-state index is 0.139. The lowest BCUT2D eigenvalue weighted by molar-refractivity contribution is -0.116. The molecule has 0 spiro atoms. The molecule has 1 fully saturated rings. The zero-order chi connectivity index (χ0) is 19.8. The number of morpholine rings is 1. The van der Waals surface area contributed by atoms with E-state index in [1.165, 1.54) is 13.2 Å². The van der Waals surface area contributed by atoms with Gasteiger partial charge >= 0.3 is 0 Å². The van der Waals surface area contributed by atoms with Crippen LogP contribution in [0.5, 0.6) is 11.5 Å². The molecule has 1 aliphatic rings. The van der Waals surface area contributed by atoms with Gasteiger partial charge in [-0.15, -0.1) is 0 Å². The molecule has 6 nitrogen and oxygen atoms in total. The van der Waals surface area contributed by atoms with Crippen molar-refractivity contribution in [1.29, 1.82) is 0 Å².